The molecule has 1 heterocycles. The Morgan fingerprint density at radius 3 is 2.88 bits per heavy atom. The van der Waals surface area contributed by atoms with E-state index in [2.05, 4.69) is 11.4 Å². The summed E-state index contributed by atoms with van der Waals surface area (Å²) in [6.45, 7) is 0.252. The van der Waals surface area contributed by atoms with E-state index in [1.54, 1.807) is 12.2 Å². The van der Waals surface area contributed by atoms with Crippen molar-refractivity contribution in [1.82, 2.24) is 0 Å². The highest BCUT2D eigenvalue weighted by Gasteiger charge is 2.14. The van der Waals surface area contributed by atoms with E-state index in [9.17, 15) is 4.79 Å². The fourth-order valence-electron chi connectivity index (χ4n) is 3.26. The molecule has 122 valence electrons. The lowest BCUT2D eigenvalue weighted by Gasteiger charge is -2.19. The maximum absolute atomic E-state index is 12.3. The summed E-state index contributed by atoms with van der Waals surface area (Å²) in [5.41, 5.74) is 4.49. The van der Waals surface area contributed by atoms with E-state index in [-0.39, 0.29) is 12.7 Å². The molecule has 1 aliphatic carbocycles. The van der Waals surface area contributed by atoms with Crippen LogP contribution in [0.25, 0.3) is 6.08 Å². The minimum Gasteiger partial charge on any atom is -0.454 e. The SMILES string of the molecule is O=C(/C=C/c1ccc2c(c1)OCO2)Nc1cccc2c1CCCC2. The molecule has 2 aromatic carbocycles. The average molecular weight is 321 g/mol. The Labute approximate surface area is 141 Å². The van der Waals surface area contributed by atoms with Gasteiger partial charge in [0, 0.05) is 11.8 Å². The molecule has 0 saturated heterocycles. The normalized spacial score (nSPS) is 15.3. The minimum absolute atomic E-state index is 0.119. The van der Waals surface area contributed by atoms with Crippen LogP contribution in [0.2, 0.25) is 0 Å². The number of hydrogen-bond acceptors (Lipinski definition) is 3. The summed E-state index contributed by atoms with van der Waals surface area (Å²) in [5.74, 6) is 1.34. The molecule has 1 amide bonds. The van der Waals surface area contributed by atoms with Crippen LogP contribution in [0.1, 0.15) is 29.5 Å². The van der Waals surface area contributed by atoms with Crippen LogP contribution >= 0.6 is 0 Å². The van der Waals surface area contributed by atoms with Gasteiger partial charge in [-0.1, -0.05) is 18.2 Å². The van der Waals surface area contributed by atoms with Crippen molar-refractivity contribution < 1.29 is 14.3 Å². The molecule has 0 aromatic heterocycles. The Kier molecular flexibility index (Phi) is 3.95. The van der Waals surface area contributed by atoms with E-state index in [1.807, 2.05) is 30.3 Å². The molecular formula is C20H19NO3. The molecule has 0 radical (unpaired) electrons. The highest BCUT2D eigenvalue weighted by molar-refractivity contribution is 6.02. The molecular weight excluding hydrogens is 302 g/mol. The monoisotopic (exact) mass is 321 g/mol. The lowest BCUT2D eigenvalue weighted by Crippen LogP contribution is -2.12. The van der Waals surface area contributed by atoms with Gasteiger partial charge in [0.15, 0.2) is 11.5 Å². The van der Waals surface area contributed by atoms with Crippen LogP contribution in [0.5, 0.6) is 11.5 Å². The quantitative estimate of drug-likeness (QED) is 0.871. The van der Waals surface area contributed by atoms with Crippen molar-refractivity contribution in [3.05, 3.63) is 59.2 Å². The van der Waals surface area contributed by atoms with Crippen LogP contribution in [-0.4, -0.2) is 12.7 Å². The highest BCUT2D eigenvalue weighted by Crippen LogP contribution is 2.33. The Morgan fingerprint density at radius 1 is 1.04 bits per heavy atom. The summed E-state index contributed by atoms with van der Waals surface area (Å²) >= 11 is 0. The molecule has 1 aliphatic heterocycles. The van der Waals surface area contributed by atoms with Gasteiger partial charge in [-0.05, 0) is 66.6 Å². The molecule has 24 heavy (non-hydrogen) atoms. The van der Waals surface area contributed by atoms with Gasteiger partial charge in [0.05, 0.1) is 0 Å². The molecule has 1 N–H and O–H groups in total. The number of carbonyl (C=O) groups excluding carboxylic acids is 1. The molecule has 4 heteroatoms. The fourth-order valence-corrected chi connectivity index (χ4v) is 3.26. The highest BCUT2D eigenvalue weighted by atomic mass is 16.7. The number of amides is 1. The van der Waals surface area contributed by atoms with Crippen LogP contribution in [-0.2, 0) is 17.6 Å². The van der Waals surface area contributed by atoms with Crippen molar-refractivity contribution in [3.63, 3.8) is 0 Å². The van der Waals surface area contributed by atoms with Gasteiger partial charge >= 0.3 is 0 Å². The van der Waals surface area contributed by atoms with Gasteiger partial charge in [0.2, 0.25) is 12.7 Å². The van der Waals surface area contributed by atoms with Crippen molar-refractivity contribution in [3.8, 4) is 11.5 Å². The van der Waals surface area contributed by atoms with Gasteiger partial charge in [-0.3, -0.25) is 4.79 Å². The van der Waals surface area contributed by atoms with Gasteiger partial charge in [-0.15, -0.1) is 0 Å². The summed E-state index contributed by atoms with van der Waals surface area (Å²) in [6, 6.07) is 11.8. The average Bonchev–Trinajstić information content (AvgIpc) is 3.08. The Morgan fingerprint density at radius 2 is 1.92 bits per heavy atom. The molecule has 2 aliphatic rings. The molecule has 4 nitrogen and oxygen atoms in total. The molecule has 0 bridgehead atoms. The number of benzene rings is 2. The summed E-state index contributed by atoms with van der Waals surface area (Å²) in [6.07, 6.45) is 7.90. The number of nitrogens with one attached hydrogen (secondary N) is 1. The van der Waals surface area contributed by atoms with Crippen molar-refractivity contribution in [1.29, 1.82) is 0 Å². The first-order valence-corrected chi connectivity index (χ1v) is 8.29. The van der Waals surface area contributed by atoms with Crippen molar-refractivity contribution >= 4 is 17.7 Å². The first kappa shape index (κ1) is 14.8. The van der Waals surface area contributed by atoms with E-state index in [0.717, 1.165) is 35.6 Å². The van der Waals surface area contributed by atoms with Gasteiger partial charge in [-0.25, -0.2) is 0 Å². The van der Waals surface area contributed by atoms with Crippen molar-refractivity contribution in [2.75, 3.05) is 12.1 Å². The van der Waals surface area contributed by atoms with Crippen LogP contribution in [0.3, 0.4) is 0 Å². The van der Waals surface area contributed by atoms with Gasteiger partial charge < -0.3 is 14.8 Å². The van der Waals surface area contributed by atoms with E-state index >= 15 is 0 Å². The van der Waals surface area contributed by atoms with Crippen LogP contribution in [0.4, 0.5) is 5.69 Å². The zero-order valence-corrected chi connectivity index (χ0v) is 13.4. The second kappa shape index (κ2) is 6.40. The number of fused-ring (bicyclic) bond motifs is 2. The number of anilines is 1. The Bertz CT molecular complexity index is 811. The Balaban J connectivity index is 1.47. The smallest absolute Gasteiger partial charge is 0.248 e. The number of carbonyl (C=O) groups is 1. The molecule has 0 unspecified atom stereocenters. The first-order valence-electron chi connectivity index (χ1n) is 8.29. The van der Waals surface area contributed by atoms with Crippen molar-refractivity contribution in [2.24, 2.45) is 0 Å². The standard InChI is InChI=1S/C20H19NO3/c22-20(11-9-14-8-10-18-19(12-14)24-13-23-18)21-17-7-3-5-15-4-1-2-6-16(15)17/h3,5,7-12H,1-2,4,6,13H2,(H,21,22)/b11-9+. The predicted molar refractivity (Wildman–Crippen MR) is 93.3 cm³/mol. The fraction of sp³-hybridized carbons (Fsp3) is 0.250. The van der Waals surface area contributed by atoms with Crippen molar-refractivity contribution in [2.45, 2.75) is 25.7 Å². The maximum Gasteiger partial charge on any atom is 0.248 e. The second-order valence-electron chi connectivity index (χ2n) is 6.09. The largest absolute Gasteiger partial charge is 0.454 e. The summed E-state index contributed by atoms with van der Waals surface area (Å²) in [5, 5.41) is 3.01. The number of aryl methyl sites for hydroxylation is 1. The maximum atomic E-state index is 12.3. The Hall–Kier alpha value is -2.75. The predicted octanol–water partition coefficient (Wildman–Crippen LogP) is 3.95. The minimum atomic E-state index is -0.119. The molecule has 0 atom stereocenters. The summed E-state index contributed by atoms with van der Waals surface area (Å²) < 4.78 is 10.6. The zero-order chi connectivity index (χ0) is 16.4. The van der Waals surface area contributed by atoms with E-state index in [4.69, 9.17) is 9.47 Å². The third-order valence-corrected chi connectivity index (χ3v) is 4.48. The zero-order valence-electron chi connectivity index (χ0n) is 13.4. The molecule has 0 fully saturated rings. The lowest BCUT2D eigenvalue weighted by atomic mass is 9.90. The van der Waals surface area contributed by atoms with E-state index in [0.29, 0.717) is 0 Å². The van der Waals surface area contributed by atoms with E-state index in [1.165, 1.54) is 24.0 Å². The molecule has 4 rings (SSSR count). The van der Waals surface area contributed by atoms with Crippen LogP contribution in [0.15, 0.2) is 42.5 Å². The van der Waals surface area contributed by atoms with Gasteiger partial charge in [-0.2, -0.15) is 0 Å². The summed E-state index contributed by atoms with van der Waals surface area (Å²) in [7, 11) is 0. The van der Waals surface area contributed by atoms with Gasteiger partial charge in [0.1, 0.15) is 0 Å². The third kappa shape index (κ3) is 3.00. The topological polar surface area (TPSA) is 47.6 Å². The molecule has 2 aromatic rings. The number of hydrogen-bond donors (Lipinski definition) is 1. The first-order chi connectivity index (χ1) is 11.8. The second-order valence-corrected chi connectivity index (χ2v) is 6.09. The van der Waals surface area contributed by atoms with Gasteiger partial charge in [0.25, 0.3) is 0 Å². The number of ether oxygens (including phenoxy) is 2. The molecule has 0 saturated carbocycles. The third-order valence-electron chi connectivity index (χ3n) is 4.48. The number of rotatable bonds is 3. The van der Waals surface area contributed by atoms with Crippen LogP contribution < -0.4 is 14.8 Å². The summed E-state index contributed by atoms with van der Waals surface area (Å²) in [4.78, 5) is 12.3. The lowest BCUT2D eigenvalue weighted by molar-refractivity contribution is -0.111. The van der Waals surface area contributed by atoms with Crippen LogP contribution in [0, 0.1) is 0 Å². The molecule has 0 spiro atoms. The van der Waals surface area contributed by atoms with E-state index < -0.39 is 0 Å².